The molecule has 1 unspecified atom stereocenters. The summed E-state index contributed by atoms with van der Waals surface area (Å²) in [4.78, 5) is 0. The van der Waals surface area contributed by atoms with Crippen LogP contribution in [0.1, 0.15) is 5.56 Å². The monoisotopic (exact) mass is 324 g/mol. The number of aryl methyl sites for hydroxylation is 1. The third kappa shape index (κ3) is 2.00. The second-order valence-corrected chi connectivity index (χ2v) is 8.56. The van der Waals surface area contributed by atoms with Crippen molar-refractivity contribution in [3.63, 3.8) is 0 Å². The topological polar surface area (TPSA) is 0 Å². The molecule has 4 aromatic carbocycles. The van der Waals surface area contributed by atoms with Crippen LogP contribution in [0.25, 0.3) is 37.1 Å². The van der Waals surface area contributed by atoms with Crippen molar-refractivity contribution in [2.45, 2.75) is 6.92 Å². The fraction of sp³-hybridized carbons (Fsp3) is 0.0435. The third-order valence-electron chi connectivity index (χ3n) is 4.82. The zero-order valence-electron chi connectivity index (χ0n) is 13.5. The Labute approximate surface area is 142 Å². The van der Waals surface area contributed by atoms with Gasteiger partial charge in [0.05, 0.1) is 0 Å². The summed E-state index contributed by atoms with van der Waals surface area (Å²) in [7, 11) is -0.461. The summed E-state index contributed by atoms with van der Waals surface area (Å²) in [6.07, 6.45) is 0. The molecule has 1 heterocycles. The zero-order chi connectivity index (χ0) is 16.1. The summed E-state index contributed by atoms with van der Waals surface area (Å²) < 4.78 is 0. The summed E-state index contributed by atoms with van der Waals surface area (Å²) in [6, 6.07) is 31.4. The van der Waals surface area contributed by atoms with Gasteiger partial charge in [-0.2, -0.15) is 0 Å². The highest BCUT2D eigenvalue weighted by molar-refractivity contribution is 7.67. The summed E-state index contributed by atoms with van der Waals surface area (Å²) in [6.45, 7) is 2.19. The van der Waals surface area contributed by atoms with E-state index in [-0.39, 0.29) is 0 Å². The van der Waals surface area contributed by atoms with Crippen LogP contribution < -0.4 is 0 Å². The minimum absolute atomic E-state index is 0.461. The summed E-state index contributed by atoms with van der Waals surface area (Å²) in [5, 5.41) is 9.90. The highest BCUT2D eigenvalue weighted by Crippen LogP contribution is 2.55. The molecule has 5 rings (SSSR count). The SMILES string of the molecule is Cc1ccc2c3ccccc3p(-c3ccc4ccccc4c3)c2c1. The molecule has 0 saturated carbocycles. The van der Waals surface area contributed by atoms with Crippen LogP contribution in [0.2, 0.25) is 0 Å². The van der Waals surface area contributed by atoms with E-state index in [0.29, 0.717) is 0 Å². The van der Waals surface area contributed by atoms with Gasteiger partial charge in [-0.25, -0.2) is 0 Å². The lowest BCUT2D eigenvalue weighted by Gasteiger charge is -2.06. The first-order valence-electron chi connectivity index (χ1n) is 8.30. The molecule has 0 spiro atoms. The number of benzene rings is 4. The molecule has 0 N–H and O–H groups in total. The van der Waals surface area contributed by atoms with Gasteiger partial charge < -0.3 is 0 Å². The van der Waals surface area contributed by atoms with E-state index in [0.717, 1.165) is 0 Å². The molecular formula is C23H17P. The van der Waals surface area contributed by atoms with Crippen LogP contribution in [0.15, 0.2) is 84.9 Å². The largest absolute Gasteiger partial charge is 0.0772 e. The Hall–Kier alpha value is -2.56. The highest BCUT2D eigenvalue weighted by Gasteiger charge is 2.13. The van der Waals surface area contributed by atoms with Crippen LogP contribution in [0.3, 0.4) is 0 Å². The smallest absolute Gasteiger partial charge is 0.00709 e. The molecule has 5 aromatic rings. The minimum Gasteiger partial charge on any atom is -0.0772 e. The average Bonchev–Trinajstić information content (AvgIpc) is 2.94. The van der Waals surface area contributed by atoms with Gasteiger partial charge in [0, 0.05) is 10.2 Å². The van der Waals surface area contributed by atoms with Gasteiger partial charge in [-0.3, -0.25) is 0 Å². The zero-order valence-corrected chi connectivity index (χ0v) is 14.4. The van der Waals surface area contributed by atoms with Crippen molar-refractivity contribution >= 4 is 39.3 Å². The van der Waals surface area contributed by atoms with Crippen LogP contribution in [-0.2, 0) is 0 Å². The molecular weight excluding hydrogens is 307 g/mol. The second-order valence-electron chi connectivity index (χ2n) is 6.40. The molecule has 0 aliphatic heterocycles. The first-order chi connectivity index (χ1) is 11.8. The summed E-state index contributed by atoms with van der Waals surface area (Å²) in [5.74, 6) is 0. The number of rotatable bonds is 1. The van der Waals surface area contributed by atoms with E-state index < -0.39 is 7.53 Å². The Bertz CT molecular complexity index is 1210. The maximum atomic E-state index is 2.39. The molecule has 0 bridgehead atoms. The Morgan fingerprint density at radius 1 is 0.583 bits per heavy atom. The van der Waals surface area contributed by atoms with Crippen LogP contribution in [0.4, 0.5) is 0 Å². The van der Waals surface area contributed by atoms with Crippen molar-refractivity contribution in [3.8, 4) is 5.30 Å². The Balaban J connectivity index is 1.93. The Kier molecular flexibility index (Phi) is 3.01. The van der Waals surface area contributed by atoms with Crippen molar-refractivity contribution in [2.24, 2.45) is 0 Å². The molecule has 0 saturated heterocycles. The Morgan fingerprint density at radius 3 is 2.25 bits per heavy atom. The van der Waals surface area contributed by atoms with Gasteiger partial charge in [0.2, 0.25) is 0 Å². The van der Waals surface area contributed by atoms with E-state index in [1.165, 1.54) is 42.6 Å². The van der Waals surface area contributed by atoms with Crippen LogP contribution in [-0.4, -0.2) is 0 Å². The van der Waals surface area contributed by atoms with Gasteiger partial charge >= 0.3 is 0 Å². The van der Waals surface area contributed by atoms with Crippen LogP contribution in [0, 0.1) is 6.92 Å². The molecule has 114 valence electrons. The third-order valence-corrected chi connectivity index (χ3v) is 7.34. The van der Waals surface area contributed by atoms with E-state index in [1.807, 2.05) is 0 Å². The van der Waals surface area contributed by atoms with E-state index in [4.69, 9.17) is 0 Å². The molecule has 0 fully saturated rings. The van der Waals surface area contributed by atoms with Crippen molar-refractivity contribution in [2.75, 3.05) is 0 Å². The first kappa shape index (κ1) is 13.8. The van der Waals surface area contributed by atoms with E-state index >= 15 is 0 Å². The van der Waals surface area contributed by atoms with Gasteiger partial charge in [-0.05, 0) is 45.9 Å². The highest BCUT2D eigenvalue weighted by atomic mass is 31.1. The summed E-state index contributed by atoms with van der Waals surface area (Å²) in [5.41, 5.74) is 1.34. The van der Waals surface area contributed by atoms with Crippen molar-refractivity contribution in [3.05, 3.63) is 90.5 Å². The number of fused-ring (bicyclic) bond motifs is 4. The van der Waals surface area contributed by atoms with Gasteiger partial charge in [0.15, 0.2) is 0 Å². The number of hydrogen-bond donors (Lipinski definition) is 0. The van der Waals surface area contributed by atoms with E-state index in [1.54, 1.807) is 0 Å². The molecule has 0 amide bonds. The van der Waals surface area contributed by atoms with Gasteiger partial charge in [0.25, 0.3) is 0 Å². The molecule has 0 aliphatic carbocycles. The lowest BCUT2D eigenvalue weighted by Crippen LogP contribution is -1.73. The predicted molar refractivity (Wildman–Crippen MR) is 108 cm³/mol. The molecule has 1 heteroatoms. The standard InChI is InChI=1S/C23H17P/c1-16-10-13-21-20-8-4-5-9-22(20)24(23(21)14-16)19-12-11-17-6-2-3-7-18(17)15-19/h2-15H,1H3. The van der Waals surface area contributed by atoms with Crippen molar-refractivity contribution in [1.82, 2.24) is 0 Å². The van der Waals surface area contributed by atoms with E-state index in [9.17, 15) is 0 Å². The van der Waals surface area contributed by atoms with Gasteiger partial charge in [0.1, 0.15) is 0 Å². The van der Waals surface area contributed by atoms with Crippen LogP contribution in [0.5, 0.6) is 0 Å². The Morgan fingerprint density at radius 2 is 1.33 bits per heavy atom. The lowest BCUT2D eigenvalue weighted by atomic mass is 10.1. The van der Waals surface area contributed by atoms with E-state index in [2.05, 4.69) is 91.9 Å². The van der Waals surface area contributed by atoms with Gasteiger partial charge in [-0.1, -0.05) is 85.9 Å². The fourth-order valence-electron chi connectivity index (χ4n) is 3.67. The quantitative estimate of drug-likeness (QED) is 0.301. The van der Waals surface area contributed by atoms with Gasteiger partial charge in [-0.15, -0.1) is 0 Å². The minimum atomic E-state index is -0.461. The molecule has 0 aliphatic rings. The predicted octanol–water partition coefficient (Wildman–Crippen LogP) is 7.43. The van der Waals surface area contributed by atoms with Crippen molar-refractivity contribution in [1.29, 1.82) is 0 Å². The van der Waals surface area contributed by atoms with Crippen molar-refractivity contribution < 1.29 is 0 Å². The normalized spacial score (nSPS) is 12.3. The molecule has 24 heavy (non-hydrogen) atoms. The molecule has 1 aromatic heterocycles. The maximum absolute atomic E-state index is 2.39. The maximum Gasteiger partial charge on any atom is 0.00709 e. The molecule has 0 radical (unpaired) electrons. The molecule has 0 nitrogen and oxygen atoms in total. The lowest BCUT2D eigenvalue weighted by molar-refractivity contribution is 1.52. The van der Waals surface area contributed by atoms with Crippen LogP contribution >= 0.6 is 7.53 Å². The molecule has 1 atom stereocenters. The first-order valence-corrected chi connectivity index (χ1v) is 9.64. The fourth-order valence-corrected chi connectivity index (χ4v) is 6.42. The average molecular weight is 324 g/mol. The number of hydrogen-bond acceptors (Lipinski definition) is 0. The second kappa shape index (κ2) is 5.23. The summed E-state index contributed by atoms with van der Waals surface area (Å²) >= 11 is 0.